The van der Waals surface area contributed by atoms with Gasteiger partial charge in [-0.3, -0.25) is 4.79 Å². The van der Waals surface area contributed by atoms with Crippen LogP contribution in [0, 0.1) is 11.8 Å². The Morgan fingerprint density at radius 2 is 1.70 bits per heavy atom. The first-order valence-electron chi connectivity index (χ1n) is 13.9. The van der Waals surface area contributed by atoms with E-state index in [9.17, 15) is 4.79 Å². The van der Waals surface area contributed by atoms with Gasteiger partial charge in [-0.25, -0.2) is 0 Å². The largest absolute Gasteiger partial charge is 1.00 e. The van der Waals surface area contributed by atoms with Gasteiger partial charge in [0.1, 0.15) is 17.9 Å². The number of hydrogen-bond acceptors (Lipinski definition) is 1. The van der Waals surface area contributed by atoms with E-state index in [-0.39, 0.29) is 36.1 Å². The lowest BCUT2D eigenvalue weighted by atomic mass is 9.68. The standard InChI is InChI=1S/C30H38BrN3O.2ClH/c31-25-11-12-26-24(15-25)17-32-19-30(26)20-33-18-27(30)29(35)34-14-13-23(21-7-3-1-4-8-21)16-28(34)22-9-5-2-6-10-22;;/h1,3-4,7-8,11-12,15,22-23,27-28,32-33H,2,5-6,9-10,13-14,16-20H2;2*1H/t23-,27?,28+,30+;;/m1../s1. The van der Waals surface area contributed by atoms with Crippen molar-refractivity contribution in [3.8, 4) is 0 Å². The summed E-state index contributed by atoms with van der Waals surface area (Å²) in [5, 5.41) is 4.86. The van der Waals surface area contributed by atoms with Crippen LogP contribution in [-0.2, 0) is 16.8 Å². The molecule has 0 radical (unpaired) electrons. The van der Waals surface area contributed by atoms with E-state index in [1.807, 2.05) is 0 Å². The lowest BCUT2D eigenvalue weighted by molar-refractivity contribution is -0.691. The van der Waals surface area contributed by atoms with Crippen LogP contribution in [0.1, 0.15) is 67.6 Å². The normalized spacial score (nSPS) is 29.8. The molecule has 1 unspecified atom stereocenters. The quantitative estimate of drug-likeness (QED) is 0.392. The van der Waals surface area contributed by atoms with Crippen molar-refractivity contribution in [3.05, 3.63) is 69.7 Å². The topological polar surface area (TPSA) is 53.5 Å². The summed E-state index contributed by atoms with van der Waals surface area (Å²) in [6, 6.07) is 18.2. The van der Waals surface area contributed by atoms with Gasteiger partial charge in [0, 0.05) is 22.6 Å². The Morgan fingerprint density at radius 3 is 2.49 bits per heavy atom. The van der Waals surface area contributed by atoms with Gasteiger partial charge in [0.05, 0.1) is 19.6 Å². The van der Waals surface area contributed by atoms with Crippen LogP contribution in [0.2, 0.25) is 0 Å². The fourth-order valence-corrected chi connectivity index (χ4v) is 8.42. The second-order valence-electron chi connectivity index (χ2n) is 11.6. The Balaban J connectivity index is 0.00000160. The number of halogens is 3. The van der Waals surface area contributed by atoms with Gasteiger partial charge in [-0.05, 0) is 60.8 Å². The smallest absolute Gasteiger partial charge is 0.233 e. The van der Waals surface area contributed by atoms with Crippen LogP contribution in [0.5, 0.6) is 0 Å². The predicted octanol–water partition coefficient (Wildman–Crippen LogP) is -2.68. The maximum Gasteiger partial charge on any atom is 0.233 e. The van der Waals surface area contributed by atoms with Crippen LogP contribution in [0.25, 0.3) is 0 Å². The first kappa shape index (κ1) is 28.9. The van der Waals surface area contributed by atoms with E-state index in [1.54, 1.807) is 0 Å². The number of carbonyl (C=O) groups excluding carboxylic acids is 1. The number of amides is 1. The molecule has 6 rings (SSSR count). The highest BCUT2D eigenvalue weighted by molar-refractivity contribution is 9.10. The van der Waals surface area contributed by atoms with Crippen LogP contribution in [0.4, 0.5) is 0 Å². The molecule has 2 aromatic carbocycles. The van der Waals surface area contributed by atoms with Crippen LogP contribution in [0.15, 0.2) is 53.0 Å². The lowest BCUT2D eigenvalue weighted by Crippen LogP contribution is -3.00. The van der Waals surface area contributed by atoms with E-state index >= 15 is 0 Å². The Bertz CT molecular complexity index is 1060. The molecule has 0 aromatic heterocycles. The fraction of sp³-hybridized carbons (Fsp3) is 0.567. The van der Waals surface area contributed by atoms with E-state index in [1.165, 1.54) is 48.8 Å². The van der Waals surface area contributed by atoms with Crippen molar-refractivity contribution in [1.82, 2.24) is 4.90 Å². The monoisotopic (exact) mass is 607 g/mol. The van der Waals surface area contributed by atoms with Crippen LogP contribution in [0.3, 0.4) is 0 Å². The zero-order chi connectivity index (χ0) is 23.8. The van der Waals surface area contributed by atoms with E-state index in [0.29, 0.717) is 23.8 Å². The summed E-state index contributed by atoms with van der Waals surface area (Å²) in [6.45, 7) is 4.93. The minimum atomic E-state index is -0.0429. The Labute approximate surface area is 242 Å². The Morgan fingerprint density at radius 1 is 0.946 bits per heavy atom. The summed E-state index contributed by atoms with van der Waals surface area (Å²) in [4.78, 5) is 16.9. The molecule has 2 saturated heterocycles. The van der Waals surface area contributed by atoms with Gasteiger partial charge in [-0.2, -0.15) is 0 Å². The second kappa shape index (κ2) is 12.4. The predicted molar refractivity (Wildman–Crippen MR) is 142 cm³/mol. The molecular weight excluding hydrogens is 569 g/mol. The summed E-state index contributed by atoms with van der Waals surface area (Å²) >= 11 is 3.67. The molecule has 0 bridgehead atoms. The minimum Gasteiger partial charge on any atom is -1.00 e. The number of rotatable bonds is 3. The molecule has 3 heterocycles. The van der Waals surface area contributed by atoms with Gasteiger partial charge in [0.15, 0.2) is 0 Å². The van der Waals surface area contributed by atoms with Crippen molar-refractivity contribution >= 4 is 21.8 Å². The van der Waals surface area contributed by atoms with E-state index in [2.05, 4.69) is 80.0 Å². The van der Waals surface area contributed by atoms with Crippen LogP contribution < -0.4 is 35.4 Å². The van der Waals surface area contributed by atoms with Gasteiger partial charge in [0.25, 0.3) is 0 Å². The van der Waals surface area contributed by atoms with Crippen molar-refractivity contribution in [3.63, 3.8) is 0 Å². The first-order valence-corrected chi connectivity index (χ1v) is 14.7. The van der Waals surface area contributed by atoms with E-state index in [4.69, 9.17) is 0 Å². The number of nitrogens with two attached hydrogens (primary N) is 2. The van der Waals surface area contributed by atoms with Crippen LogP contribution >= 0.6 is 15.9 Å². The lowest BCUT2D eigenvalue weighted by Gasteiger charge is -2.47. The zero-order valence-corrected chi connectivity index (χ0v) is 24.7. The molecule has 4 aliphatic rings. The average Bonchev–Trinajstić information content (AvgIpc) is 3.32. The van der Waals surface area contributed by atoms with Crippen molar-refractivity contribution < 1.29 is 40.2 Å². The number of nitrogens with zero attached hydrogens (tertiary/aromatic N) is 1. The van der Waals surface area contributed by atoms with Gasteiger partial charge < -0.3 is 40.3 Å². The molecule has 4 N–H and O–H groups in total. The van der Waals surface area contributed by atoms with Gasteiger partial charge in [0.2, 0.25) is 5.91 Å². The molecule has 1 spiro atoms. The van der Waals surface area contributed by atoms with Crippen molar-refractivity contribution in [1.29, 1.82) is 0 Å². The highest BCUT2D eigenvalue weighted by Gasteiger charge is 2.57. The summed E-state index contributed by atoms with van der Waals surface area (Å²) in [5.41, 5.74) is 4.26. The van der Waals surface area contributed by atoms with Gasteiger partial charge >= 0.3 is 0 Å². The summed E-state index contributed by atoms with van der Waals surface area (Å²) in [7, 11) is 0. The van der Waals surface area contributed by atoms with E-state index in [0.717, 1.165) is 50.0 Å². The van der Waals surface area contributed by atoms with Crippen molar-refractivity contribution in [2.24, 2.45) is 11.8 Å². The van der Waals surface area contributed by atoms with Gasteiger partial charge in [-0.1, -0.05) is 71.6 Å². The summed E-state index contributed by atoms with van der Waals surface area (Å²) < 4.78 is 1.15. The molecular formula is C30H40BrCl2N3O. The molecule has 1 aliphatic carbocycles. The third-order valence-corrected chi connectivity index (χ3v) is 10.2. The maximum absolute atomic E-state index is 14.5. The van der Waals surface area contributed by atoms with Crippen molar-refractivity contribution in [2.75, 3.05) is 26.2 Å². The van der Waals surface area contributed by atoms with Gasteiger partial charge in [-0.15, -0.1) is 0 Å². The third-order valence-electron chi connectivity index (χ3n) is 9.75. The molecule has 4 nitrogen and oxygen atoms in total. The number of carbonyl (C=O) groups is 1. The van der Waals surface area contributed by atoms with Crippen LogP contribution in [-0.4, -0.2) is 43.0 Å². The number of likely N-dealkylation sites (tertiary alicyclic amines) is 1. The Kier molecular flexibility index (Phi) is 9.67. The second-order valence-corrected chi connectivity index (χ2v) is 12.5. The first-order chi connectivity index (χ1) is 17.2. The minimum absolute atomic E-state index is 0. The highest BCUT2D eigenvalue weighted by atomic mass is 79.9. The average molecular weight is 609 g/mol. The number of quaternary nitrogens is 2. The number of hydrogen-bond donors (Lipinski definition) is 2. The molecule has 202 valence electrons. The SMILES string of the molecule is O=C(C1C[NH2+]C[C@]12C[NH2+]Cc1cc(Br)ccc12)N1CC[C@@H](c2ccccc2)C[C@H]1C1CCCCC1.[Cl-].[Cl-]. The Hall–Kier alpha value is -1.11. The molecule has 1 saturated carbocycles. The molecule has 3 aliphatic heterocycles. The van der Waals surface area contributed by atoms with E-state index < -0.39 is 0 Å². The molecule has 4 atom stereocenters. The molecule has 1 amide bonds. The molecule has 7 heteroatoms. The number of fused-ring (bicyclic) bond motifs is 2. The zero-order valence-electron chi connectivity index (χ0n) is 21.6. The summed E-state index contributed by atoms with van der Waals surface area (Å²) in [5.74, 6) is 1.78. The number of benzene rings is 2. The summed E-state index contributed by atoms with van der Waals surface area (Å²) in [6.07, 6.45) is 8.85. The molecule has 37 heavy (non-hydrogen) atoms. The highest BCUT2D eigenvalue weighted by Crippen LogP contribution is 2.43. The molecule has 2 aromatic rings. The fourth-order valence-electron chi connectivity index (χ4n) is 8.01. The molecule has 3 fully saturated rings. The third kappa shape index (κ3) is 5.49. The maximum atomic E-state index is 14.5. The number of piperidine rings is 1. The van der Waals surface area contributed by atoms with Crippen molar-refractivity contribution in [2.45, 2.75) is 68.9 Å².